The first-order valence-corrected chi connectivity index (χ1v) is 6.72. The van der Waals surface area contributed by atoms with Crippen LogP contribution in [-0.4, -0.2) is 29.4 Å². The predicted molar refractivity (Wildman–Crippen MR) is 76.3 cm³/mol. The third kappa shape index (κ3) is 3.69. The van der Waals surface area contributed by atoms with Crippen LogP contribution in [0.25, 0.3) is 0 Å². The maximum Gasteiger partial charge on any atom is 0.322 e. The fourth-order valence-electron chi connectivity index (χ4n) is 2.53. The molecule has 1 aromatic rings. The van der Waals surface area contributed by atoms with E-state index in [1.54, 1.807) is 11.0 Å². The topological polar surface area (TPSA) is 82.2 Å². The molecule has 2 rings (SSSR count). The van der Waals surface area contributed by atoms with Gasteiger partial charge in [-0.15, -0.1) is 0 Å². The molecular weight excluding hydrogens is 259 g/mol. The lowest BCUT2D eigenvalue weighted by Crippen LogP contribution is -2.46. The minimum atomic E-state index is -0.401. The highest BCUT2D eigenvalue weighted by Gasteiger charge is 2.27. The molecule has 2 amide bonds. The van der Waals surface area contributed by atoms with E-state index in [4.69, 9.17) is 11.1 Å². The number of hydrogen-bond donors (Lipinski definition) is 3. The van der Waals surface area contributed by atoms with Crippen LogP contribution < -0.4 is 11.1 Å². The number of nitrogens with one attached hydrogen (secondary N) is 2. The zero-order valence-electron chi connectivity index (χ0n) is 11.2. The summed E-state index contributed by atoms with van der Waals surface area (Å²) in [5.74, 6) is -0.451. The summed E-state index contributed by atoms with van der Waals surface area (Å²) in [6.07, 6.45) is 3.99. The molecule has 1 aliphatic carbocycles. The molecule has 4 N–H and O–H groups in total. The van der Waals surface area contributed by atoms with E-state index in [1.165, 1.54) is 18.2 Å². The maximum atomic E-state index is 13.1. The van der Waals surface area contributed by atoms with Gasteiger partial charge in [0.1, 0.15) is 11.7 Å². The van der Waals surface area contributed by atoms with Crippen LogP contribution in [0.4, 0.5) is 14.9 Å². The van der Waals surface area contributed by atoms with Crippen molar-refractivity contribution in [1.29, 1.82) is 5.41 Å². The van der Waals surface area contributed by atoms with E-state index in [9.17, 15) is 9.18 Å². The fraction of sp³-hybridized carbons (Fsp3) is 0.429. The molecule has 0 unspecified atom stereocenters. The largest absolute Gasteiger partial charge is 0.386 e. The van der Waals surface area contributed by atoms with Gasteiger partial charge < -0.3 is 16.0 Å². The highest BCUT2D eigenvalue weighted by Crippen LogP contribution is 2.24. The molecule has 0 spiro atoms. The summed E-state index contributed by atoms with van der Waals surface area (Å²) in [4.78, 5) is 13.9. The number of anilines is 1. The second-order valence-electron chi connectivity index (χ2n) is 5.03. The lowest BCUT2D eigenvalue weighted by molar-refractivity contribution is 0.198. The third-order valence-electron chi connectivity index (χ3n) is 3.44. The molecule has 6 heteroatoms. The van der Waals surface area contributed by atoms with Crippen LogP contribution in [0, 0.1) is 11.2 Å². The van der Waals surface area contributed by atoms with Crippen molar-refractivity contribution in [2.75, 3.05) is 11.9 Å². The summed E-state index contributed by atoms with van der Waals surface area (Å²) in [5, 5.41) is 10.1. The van der Waals surface area contributed by atoms with E-state index in [0.717, 1.165) is 25.7 Å². The number of halogens is 1. The van der Waals surface area contributed by atoms with Gasteiger partial charge in [0.05, 0.1) is 6.54 Å². The standard InChI is InChI=1S/C14H19FN4O/c15-10-4-3-5-11(8-10)18-14(20)19(9-13(16)17)12-6-1-2-7-12/h3-5,8,12H,1-2,6-7,9H2,(H3,16,17)(H,18,20). The zero-order chi connectivity index (χ0) is 14.5. The van der Waals surface area contributed by atoms with E-state index in [1.807, 2.05) is 0 Å². The van der Waals surface area contributed by atoms with E-state index in [-0.39, 0.29) is 24.5 Å². The first-order valence-electron chi connectivity index (χ1n) is 6.72. The van der Waals surface area contributed by atoms with Crippen LogP contribution in [0.3, 0.4) is 0 Å². The van der Waals surface area contributed by atoms with Gasteiger partial charge in [-0.05, 0) is 31.0 Å². The highest BCUT2D eigenvalue weighted by molar-refractivity contribution is 5.92. The molecule has 1 aromatic carbocycles. The molecule has 1 aliphatic rings. The highest BCUT2D eigenvalue weighted by atomic mass is 19.1. The molecule has 1 saturated carbocycles. The Bertz CT molecular complexity index is 500. The number of nitrogens with two attached hydrogens (primary N) is 1. The molecule has 0 saturated heterocycles. The van der Waals surface area contributed by atoms with Crippen molar-refractivity contribution in [3.63, 3.8) is 0 Å². The van der Waals surface area contributed by atoms with Gasteiger partial charge in [-0.3, -0.25) is 5.41 Å². The van der Waals surface area contributed by atoms with Crippen molar-refractivity contribution in [2.45, 2.75) is 31.7 Å². The second-order valence-corrected chi connectivity index (χ2v) is 5.03. The van der Waals surface area contributed by atoms with E-state index >= 15 is 0 Å². The monoisotopic (exact) mass is 278 g/mol. The van der Waals surface area contributed by atoms with Crippen LogP contribution in [0.15, 0.2) is 24.3 Å². The van der Waals surface area contributed by atoms with Crippen molar-refractivity contribution in [1.82, 2.24) is 4.90 Å². The first-order chi connectivity index (χ1) is 9.56. The number of carbonyl (C=O) groups is 1. The minimum Gasteiger partial charge on any atom is -0.386 e. The number of amidine groups is 1. The van der Waals surface area contributed by atoms with Gasteiger partial charge in [0.2, 0.25) is 0 Å². The Morgan fingerprint density at radius 1 is 1.45 bits per heavy atom. The van der Waals surface area contributed by atoms with E-state index in [2.05, 4.69) is 5.32 Å². The molecule has 0 heterocycles. The maximum absolute atomic E-state index is 13.1. The van der Waals surface area contributed by atoms with E-state index in [0.29, 0.717) is 5.69 Å². The quantitative estimate of drug-likeness (QED) is 0.584. The summed E-state index contributed by atoms with van der Waals surface area (Å²) in [6, 6.07) is 5.51. The molecule has 0 radical (unpaired) electrons. The number of urea groups is 1. The Kier molecular flexibility index (Phi) is 4.55. The van der Waals surface area contributed by atoms with Gasteiger partial charge in [-0.25, -0.2) is 9.18 Å². The summed E-state index contributed by atoms with van der Waals surface area (Å²) in [6.45, 7) is 0.103. The SMILES string of the molecule is N=C(N)CN(C(=O)Nc1cccc(F)c1)C1CCCC1. The van der Waals surface area contributed by atoms with Crippen LogP contribution in [-0.2, 0) is 0 Å². The molecular formula is C14H19FN4O. The van der Waals surface area contributed by atoms with Crippen molar-refractivity contribution in [2.24, 2.45) is 5.73 Å². The summed E-state index contributed by atoms with van der Waals surface area (Å²) >= 11 is 0. The summed E-state index contributed by atoms with van der Waals surface area (Å²) < 4.78 is 13.1. The molecule has 0 aliphatic heterocycles. The van der Waals surface area contributed by atoms with Crippen LogP contribution >= 0.6 is 0 Å². The smallest absolute Gasteiger partial charge is 0.322 e. The normalized spacial score (nSPS) is 15.1. The lowest BCUT2D eigenvalue weighted by Gasteiger charge is -2.28. The molecule has 0 bridgehead atoms. The number of benzene rings is 1. The molecule has 20 heavy (non-hydrogen) atoms. The Balaban J connectivity index is 2.07. The molecule has 5 nitrogen and oxygen atoms in total. The van der Waals surface area contributed by atoms with Gasteiger partial charge in [-0.1, -0.05) is 18.9 Å². The average Bonchev–Trinajstić information content (AvgIpc) is 2.89. The lowest BCUT2D eigenvalue weighted by atomic mass is 10.2. The van der Waals surface area contributed by atoms with Crippen molar-refractivity contribution in [3.8, 4) is 0 Å². The molecule has 0 atom stereocenters. The Labute approximate surface area is 117 Å². The minimum absolute atomic E-state index is 0.0497. The van der Waals surface area contributed by atoms with Crippen molar-refractivity contribution < 1.29 is 9.18 Å². The Hall–Kier alpha value is -2.11. The van der Waals surface area contributed by atoms with Crippen LogP contribution in [0.2, 0.25) is 0 Å². The van der Waals surface area contributed by atoms with Crippen molar-refractivity contribution >= 4 is 17.6 Å². The van der Waals surface area contributed by atoms with Gasteiger partial charge in [0.15, 0.2) is 0 Å². The van der Waals surface area contributed by atoms with Crippen LogP contribution in [0.1, 0.15) is 25.7 Å². The number of nitrogens with zero attached hydrogens (tertiary/aromatic N) is 1. The fourth-order valence-corrected chi connectivity index (χ4v) is 2.53. The van der Waals surface area contributed by atoms with Gasteiger partial charge in [0, 0.05) is 11.7 Å². The molecule has 1 fully saturated rings. The number of hydrogen-bond acceptors (Lipinski definition) is 2. The number of rotatable bonds is 4. The van der Waals surface area contributed by atoms with Gasteiger partial charge in [-0.2, -0.15) is 0 Å². The second kappa shape index (κ2) is 6.36. The predicted octanol–water partition coefficient (Wildman–Crippen LogP) is 2.54. The first kappa shape index (κ1) is 14.3. The van der Waals surface area contributed by atoms with Gasteiger partial charge in [0.25, 0.3) is 0 Å². The zero-order valence-corrected chi connectivity index (χ0v) is 11.2. The van der Waals surface area contributed by atoms with E-state index < -0.39 is 5.82 Å². The van der Waals surface area contributed by atoms with Gasteiger partial charge >= 0.3 is 6.03 Å². The molecule has 108 valence electrons. The molecule has 0 aromatic heterocycles. The van der Waals surface area contributed by atoms with Crippen LogP contribution in [0.5, 0.6) is 0 Å². The number of amides is 2. The number of carbonyl (C=O) groups excluding carboxylic acids is 1. The summed E-state index contributed by atoms with van der Waals surface area (Å²) in [7, 11) is 0. The van der Waals surface area contributed by atoms with Crippen molar-refractivity contribution in [3.05, 3.63) is 30.1 Å². The summed E-state index contributed by atoms with van der Waals surface area (Å²) in [5.41, 5.74) is 5.82. The average molecular weight is 278 g/mol. The third-order valence-corrected chi connectivity index (χ3v) is 3.44. The Morgan fingerprint density at radius 3 is 2.75 bits per heavy atom. The Morgan fingerprint density at radius 2 is 2.15 bits per heavy atom.